The first-order valence-corrected chi connectivity index (χ1v) is 6.78. The predicted octanol–water partition coefficient (Wildman–Crippen LogP) is 1.84. The number of nitrogens with two attached hydrogens (primary N) is 1. The van der Waals surface area contributed by atoms with Crippen LogP contribution in [0.4, 0.5) is 0 Å². The minimum Gasteiger partial charge on any atom is -0.415 e. The zero-order valence-electron chi connectivity index (χ0n) is 8.01. The Balaban J connectivity index is 2.15. The molecule has 0 saturated carbocycles. The molecule has 0 aromatic rings. The van der Waals surface area contributed by atoms with Crippen molar-refractivity contribution in [1.82, 2.24) is 0 Å². The fourth-order valence-corrected chi connectivity index (χ4v) is 3.81. The summed E-state index contributed by atoms with van der Waals surface area (Å²) in [5.74, 6) is 0. The van der Waals surface area contributed by atoms with Gasteiger partial charge in [-0.25, -0.2) is 0 Å². The van der Waals surface area contributed by atoms with Gasteiger partial charge in [0.25, 0.3) is 0 Å². The van der Waals surface area contributed by atoms with Gasteiger partial charge in [0.2, 0.25) is 9.04 Å². The van der Waals surface area contributed by atoms with Crippen LogP contribution in [-0.4, -0.2) is 21.3 Å². The summed E-state index contributed by atoms with van der Waals surface area (Å²) in [6, 6.07) is 1.27. The third kappa shape index (κ3) is 3.25. The van der Waals surface area contributed by atoms with Gasteiger partial charge in [-0.1, -0.05) is 26.2 Å². The lowest BCUT2D eigenvalue weighted by Gasteiger charge is -2.25. The van der Waals surface area contributed by atoms with Crippen LogP contribution in [0.5, 0.6) is 0 Å². The number of hydrogen-bond donors (Lipinski definition) is 1. The Labute approximate surface area is 77.2 Å². The van der Waals surface area contributed by atoms with Crippen LogP contribution >= 0.6 is 0 Å². The highest BCUT2D eigenvalue weighted by atomic mass is 28.3. The molecular formula is C9H20NOSi. The molecule has 0 bridgehead atoms. The zero-order valence-corrected chi connectivity index (χ0v) is 9.01. The summed E-state index contributed by atoms with van der Waals surface area (Å²) in [5.41, 5.74) is 6.44. The third-order valence-electron chi connectivity index (χ3n) is 2.39. The van der Waals surface area contributed by atoms with Crippen molar-refractivity contribution < 1.29 is 4.43 Å². The maximum atomic E-state index is 6.05. The second-order valence-corrected chi connectivity index (χ2v) is 5.98. The Hall–Kier alpha value is 0.137. The fraction of sp³-hybridized carbons (Fsp3) is 1.00. The van der Waals surface area contributed by atoms with Gasteiger partial charge in [-0.05, 0) is 18.9 Å². The zero-order chi connectivity index (χ0) is 8.81. The van der Waals surface area contributed by atoms with Gasteiger partial charge in [0, 0.05) is 12.3 Å². The van der Waals surface area contributed by atoms with Crippen molar-refractivity contribution in [3.63, 3.8) is 0 Å². The topological polar surface area (TPSA) is 35.2 Å². The average Bonchev–Trinajstić information content (AvgIpc) is 2.15. The van der Waals surface area contributed by atoms with Crippen LogP contribution in [0.3, 0.4) is 0 Å². The molecule has 1 atom stereocenters. The first-order valence-electron chi connectivity index (χ1n) is 5.08. The minimum absolute atomic E-state index is 0.384. The summed E-state index contributed by atoms with van der Waals surface area (Å²) < 4.78 is 5.71. The molecule has 0 amide bonds. The van der Waals surface area contributed by atoms with E-state index in [1.165, 1.54) is 38.1 Å². The van der Waals surface area contributed by atoms with Gasteiger partial charge in [-0.15, -0.1) is 0 Å². The Morgan fingerprint density at radius 3 is 2.92 bits per heavy atom. The number of rotatable bonds is 4. The van der Waals surface area contributed by atoms with Crippen LogP contribution in [0.1, 0.15) is 39.0 Å². The van der Waals surface area contributed by atoms with E-state index in [2.05, 4.69) is 6.92 Å². The van der Waals surface area contributed by atoms with Crippen LogP contribution in [0, 0.1) is 0 Å². The molecule has 1 unspecified atom stereocenters. The largest absolute Gasteiger partial charge is 0.415 e. The molecule has 0 aliphatic carbocycles. The van der Waals surface area contributed by atoms with Crippen molar-refractivity contribution in [3.8, 4) is 0 Å². The second-order valence-electron chi connectivity index (χ2n) is 3.52. The molecule has 12 heavy (non-hydrogen) atoms. The van der Waals surface area contributed by atoms with Crippen molar-refractivity contribution in [2.24, 2.45) is 5.73 Å². The predicted molar refractivity (Wildman–Crippen MR) is 53.2 cm³/mol. The highest BCUT2D eigenvalue weighted by molar-refractivity contribution is 6.53. The summed E-state index contributed by atoms with van der Waals surface area (Å²) in [4.78, 5) is 0. The minimum atomic E-state index is -0.620. The van der Waals surface area contributed by atoms with Gasteiger partial charge in [0.1, 0.15) is 0 Å². The maximum Gasteiger partial charge on any atom is 0.228 e. The standard InChI is InChI=1S/C9H20NOSi/c1-2-3-6-9(10)12-8-5-4-7-11-12/h9H,2-8,10H2,1H3. The summed E-state index contributed by atoms with van der Waals surface area (Å²) in [6.07, 6.45) is 6.27. The lowest BCUT2D eigenvalue weighted by Crippen LogP contribution is -2.42. The average molecular weight is 186 g/mol. The van der Waals surface area contributed by atoms with E-state index in [4.69, 9.17) is 10.2 Å². The molecule has 2 N–H and O–H groups in total. The van der Waals surface area contributed by atoms with Crippen LogP contribution in [0.2, 0.25) is 6.04 Å². The quantitative estimate of drug-likeness (QED) is 0.680. The molecule has 0 aromatic heterocycles. The Kier molecular flexibility index (Phi) is 4.88. The molecule has 2 nitrogen and oxygen atoms in total. The van der Waals surface area contributed by atoms with Crippen LogP contribution in [-0.2, 0) is 4.43 Å². The van der Waals surface area contributed by atoms with E-state index >= 15 is 0 Å². The van der Waals surface area contributed by atoms with Gasteiger partial charge in [0.05, 0.1) is 0 Å². The summed E-state index contributed by atoms with van der Waals surface area (Å²) >= 11 is 0. The molecule has 3 heteroatoms. The van der Waals surface area contributed by atoms with Gasteiger partial charge < -0.3 is 10.2 Å². The molecule has 71 valence electrons. The van der Waals surface area contributed by atoms with Crippen LogP contribution in [0.15, 0.2) is 0 Å². The molecule has 0 spiro atoms. The van der Waals surface area contributed by atoms with Crippen molar-refractivity contribution in [1.29, 1.82) is 0 Å². The first kappa shape index (κ1) is 10.2. The van der Waals surface area contributed by atoms with E-state index in [9.17, 15) is 0 Å². The molecule has 1 aliphatic heterocycles. The summed E-state index contributed by atoms with van der Waals surface area (Å²) in [5, 5.41) is 0. The Morgan fingerprint density at radius 1 is 1.50 bits per heavy atom. The highest BCUT2D eigenvalue weighted by Gasteiger charge is 2.23. The van der Waals surface area contributed by atoms with Crippen molar-refractivity contribution in [2.45, 2.75) is 50.7 Å². The normalized spacial score (nSPS) is 22.5. The van der Waals surface area contributed by atoms with Crippen molar-refractivity contribution >= 4 is 9.04 Å². The van der Waals surface area contributed by atoms with E-state index in [1.807, 2.05) is 0 Å². The van der Waals surface area contributed by atoms with Crippen LogP contribution in [0.25, 0.3) is 0 Å². The van der Waals surface area contributed by atoms with Gasteiger partial charge in [0.15, 0.2) is 0 Å². The molecular weight excluding hydrogens is 166 g/mol. The van der Waals surface area contributed by atoms with E-state index in [0.29, 0.717) is 5.67 Å². The third-order valence-corrected chi connectivity index (χ3v) is 4.92. The van der Waals surface area contributed by atoms with E-state index in [-0.39, 0.29) is 0 Å². The fourth-order valence-electron chi connectivity index (χ4n) is 1.55. The van der Waals surface area contributed by atoms with Crippen molar-refractivity contribution in [2.75, 3.05) is 6.61 Å². The molecule has 0 aromatic carbocycles. The molecule has 1 saturated heterocycles. The smallest absolute Gasteiger partial charge is 0.228 e. The first-order chi connectivity index (χ1) is 5.84. The van der Waals surface area contributed by atoms with Gasteiger partial charge in [-0.3, -0.25) is 0 Å². The summed E-state index contributed by atoms with van der Waals surface area (Å²) in [6.45, 7) is 3.18. The highest BCUT2D eigenvalue weighted by Crippen LogP contribution is 2.15. The molecule has 1 fully saturated rings. The lowest BCUT2D eigenvalue weighted by atomic mass is 10.2. The Bertz CT molecular complexity index is 115. The van der Waals surface area contributed by atoms with Crippen molar-refractivity contribution in [3.05, 3.63) is 0 Å². The Morgan fingerprint density at radius 2 is 2.33 bits per heavy atom. The molecule has 1 radical (unpaired) electrons. The monoisotopic (exact) mass is 186 g/mol. The number of unbranched alkanes of at least 4 members (excludes halogenated alkanes) is 1. The van der Waals surface area contributed by atoms with Gasteiger partial charge >= 0.3 is 0 Å². The second kappa shape index (κ2) is 5.73. The van der Waals surface area contributed by atoms with E-state index in [1.54, 1.807) is 0 Å². The lowest BCUT2D eigenvalue weighted by molar-refractivity contribution is 0.278. The van der Waals surface area contributed by atoms with E-state index < -0.39 is 9.04 Å². The van der Waals surface area contributed by atoms with Crippen LogP contribution < -0.4 is 5.73 Å². The number of hydrogen-bond acceptors (Lipinski definition) is 2. The van der Waals surface area contributed by atoms with E-state index in [0.717, 1.165) is 6.61 Å². The SMILES string of the molecule is CCCCC(N)[Si]1CCCCO1. The maximum absolute atomic E-state index is 6.05. The molecule has 1 rings (SSSR count). The van der Waals surface area contributed by atoms with Gasteiger partial charge in [-0.2, -0.15) is 0 Å². The summed E-state index contributed by atoms with van der Waals surface area (Å²) in [7, 11) is -0.620. The molecule has 1 heterocycles. The molecule has 1 aliphatic rings.